The molecular formula is C13H11ClFNO. The third kappa shape index (κ3) is 2.50. The van der Waals surface area contributed by atoms with Gasteiger partial charge in [0.1, 0.15) is 5.75 Å². The van der Waals surface area contributed by atoms with Crippen LogP contribution in [0.25, 0.3) is 0 Å². The van der Waals surface area contributed by atoms with Gasteiger partial charge in [0.25, 0.3) is 0 Å². The van der Waals surface area contributed by atoms with Gasteiger partial charge in [0.05, 0.1) is 5.02 Å². The summed E-state index contributed by atoms with van der Waals surface area (Å²) in [5, 5.41) is 0.0376. The summed E-state index contributed by atoms with van der Waals surface area (Å²) in [5.41, 5.74) is 7.10. The molecule has 2 N–H and O–H groups in total. The number of anilines is 1. The molecule has 0 aliphatic heterocycles. The van der Waals surface area contributed by atoms with Gasteiger partial charge in [-0.25, -0.2) is 4.39 Å². The zero-order valence-corrected chi connectivity index (χ0v) is 9.96. The second-order valence-electron chi connectivity index (χ2n) is 3.68. The van der Waals surface area contributed by atoms with Crippen LogP contribution in [-0.4, -0.2) is 0 Å². The normalized spacial score (nSPS) is 10.3. The molecule has 0 aliphatic rings. The number of benzene rings is 2. The van der Waals surface area contributed by atoms with Gasteiger partial charge in [-0.05, 0) is 42.8 Å². The second kappa shape index (κ2) is 4.63. The van der Waals surface area contributed by atoms with Crippen molar-refractivity contribution in [3.8, 4) is 11.5 Å². The second-order valence-corrected chi connectivity index (χ2v) is 4.09. The molecule has 0 bridgehead atoms. The van der Waals surface area contributed by atoms with Crippen molar-refractivity contribution in [3.63, 3.8) is 0 Å². The van der Waals surface area contributed by atoms with E-state index in [-0.39, 0.29) is 10.8 Å². The van der Waals surface area contributed by atoms with E-state index in [0.717, 1.165) is 5.56 Å². The highest BCUT2D eigenvalue weighted by Gasteiger charge is 2.09. The summed E-state index contributed by atoms with van der Waals surface area (Å²) < 4.78 is 19.1. The van der Waals surface area contributed by atoms with Gasteiger partial charge in [0, 0.05) is 5.69 Å². The molecule has 0 spiro atoms. The minimum absolute atomic E-state index is 0.0376. The lowest BCUT2D eigenvalue weighted by Gasteiger charge is -2.10. The fourth-order valence-corrected chi connectivity index (χ4v) is 1.63. The van der Waals surface area contributed by atoms with Gasteiger partial charge in [-0.3, -0.25) is 0 Å². The van der Waals surface area contributed by atoms with Crippen molar-refractivity contribution in [1.29, 1.82) is 0 Å². The lowest BCUT2D eigenvalue weighted by Crippen LogP contribution is -1.93. The maximum atomic E-state index is 13.6. The maximum absolute atomic E-state index is 13.6. The zero-order chi connectivity index (χ0) is 12.4. The van der Waals surface area contributed by atoms with Crippen molar-refractivity contribution in [1.82, 2.24) is 0 Å². The Labute approximate surface area is 104 Å². The van der Waals surface area contributed by atoms with Gasteiger partial charge in [0.2, 0.25) is 0 Å². The number of halogens is 2. The van der Waals surface area contributed by atoms with Crippen LogP contribution in [0.15, 0.2) is 36.4 Å². The molecular weight excluding hydrogens is 241 g/mol. The predicted molar refractivity (Wildman–Crippen MR) is 67.1 cm³/mol. The van der Waals surface area contributed by atoms with Gasteiger partial charge < -0.3 is 10.5 Å². The highest BCUT2D eigenvalue weighted by atomic mass is 35.5. The molecule has 0 atom stereocenters. The Morgan fingerprint density at radius 1 is 1.18 bits per heavy atom. The molecule has 0 saturated carbocycles. The van der Waals surface area contributed by atoms with E-state index in [0.29, 0.717) is 11.4 Å². The highest BCUT2D eigenvalue weighted by molar-refractivity contribution is 6.30. The molecule has 2 nitrogen and oxygen atoms in total. The predicted octanol–water partition coefficient (Wildman–Crippen LogP) is 4.16. The first kappa shape index (κ1) is 11.7. The van der Waals surface area contributed by atoms with Crippen LogP contribution in [-0.2, 0) is 0 Å². The van der Waals surface area contributed by atoms with Crippen LogP contribution in [0.2, 0.25) is 5.02 Å². The summed E-state index contributed by atoms with van der Waals surface area (Å²) in [7, 11) is 0. The number of hydrogen-bond acceptors (Lipinski definition) is 2. The van der Waals surface area contributed by atoms with Gasteiger partial charge in [-0.15, -0.1) is 0 Å². The lowest BCUT2D eigenvalue weighted by atomic mass is 10.2. The molecule has 2 aromatic carbocycles. The fraction of sp³-hybridized carbons (Fsp3) is 0.0769. The summed E-state index contributed by atoms with van der Waals surface area (Å²) in [6.45, 7) is 1.84. The summed E-state index contributed by atoms with van der Waals surface area (Å²) >= 11 is 5.67. The van der Waals surface area contributed by atoms with Crippen LogP contribution < -0.4 is 10.5 Å². The van der Waals surface area contributed by atoms with Crippen LogP contribution in [0.3, 0.4) is 0 Å². The van der Waals surface area contributed by atoms with Gasteiger partial charge in [0.15, 0.2) is 11.6 Å². The summed E-state index contributed by atoms with van der Waals surface area (Å²) in [6, 6.07) is 9.79. The summed E-state index contributed by atoms with van der Waals surface area (Å²) in [4.78, 5) is 0. The minimum Gasteiger partial charge on any atom is -0.454 e. The zero-order valence-electron chi connectivity index (χ0n) is 9.21. The maximum Gasteiger partial charge on any atom is 0.184 e. The quantitative estimate of drug-likeness (QED) is 0.814. The molecule has 2 aromatic rings. The van der Waals surface area contributed by atoms with Crippen molar-refractivity contribution in [2.24, 2.45) is 0 Å². The van der Waals surface area contributed by atoms with E-state index in [1.54, 1.807) is 24.3 Å². The van der Waals surface area contributed by atoms with Crippen LogP contribution in [0.5, 0.6) is 11.5 Å². The van der Waals surface area contributed by atoms with Gasteiger partial charge in [-0.2, -0.15) is 0 Å². The highest BCUT2D eigenvalue weighted by Crippen LogP contribution is 2.31. The van der Waals surface area contributed by atoms with Crippen LogP contribution in [0.1, 0.15) is 5.56 Å². The van der Waals surface area contributed by atoms with Crippen molar-refractivity contribution < 1.29 is 9.13 Å². The number of rotatable bonds is 2. The molecule has 4 heteroatoms. The van der Waals surface area contributed by atoms with Crippen molar-refractivity contribution >= 4 is 17.3 Å². The lowest BCUT2D eigenvalue weighted by molar-refractivity contribution is 0.440. The van der Waals surface area contributed by atoms with E-state index >= 15 is 0 Å². The molecule has 2 rings (SSSR count). The van der Waals surface area contributed by atoms with Crippen molar-refractivity contribution in [2.75, 3.05) is 5.73 Å². The Morgan fingerprint density at radius 3 is 2.65 bits per heavy atom. The molecule has 88 valence electrons. The Kier molecular flexibility index (Phi) is 3.20. The molecule has 17 heavy (non-hydrogen) atoms. The Morgan fingerprint density at radius 2 is 1.94 bits per heavy atom. The number of ether oxygens (including phenoxy) is 1. The summed E-state index contributed by atoms with van der Waals surface area (Å²) in [5.74, 6) is 0.0936. The molecule has 0 fully saturated rings. The third-order valence-electron chi connectivity index (χ3n) is 2.34. The van der Waals surface area contributed by atoms with Crippen LogP contribution in [0, 0.1) is 12.7 Å². The Balaban J connectivity index is 2.35. The SMILES string of the molecule is Cc1cc(N)ccc1Oc1cccc(Cl)c1F. The van der Waals surface area contributed by atoms with E-state index in [4.69, 9.17) is 22.1 Å². The van der Waals surface area contributed by atoms with Gasteiger partial charge in [-0.1, -0.05) is 17.7 Å². The van der Waals surface area contributed by atoms with Crippen molar-refractivity contribution in [2.45, 2.75) is 6.92 Å². The molecule has 0 unspecified atom stereocenters. The largest absolute Gasteiger partial charge is 0.454 e. The Bertz CT molecular complexity index is 557. The topological polar surface area (TPSA) is 35.2 Å². The van der Waals surface area contributed by atoms with Crippen LogP contribution in [0.4, 0.5) is 10.1 Å². The number of nitrogens with two attached hydrogens (primary N) is 1. The third-order valence-corrected chi connectivity index (χ3v) is 2.63. The monoisotopic (exact) mass is 251 g/mol. The van der Waals surface area contributed by atoms with E-state index in [2.05, 4.69) is 0 Å². The van der Waals surface area contributed by atoms with E-state index < -0.39 is 5.82 Å². The number of nitrogen functional groups attached to an aromatic ring is 1. The smallest absolute Gasteiger partial charge is 0.184 e. The molecule has 0 amide bonds. The number of hydrogen-bond donors (Lipinski definition) is 1. The molecule has 0 aliphatic carbocycles. The van der Waals surface area contributed by atoms with E-state index in [9.17, 15) is 4.39 Å². The van der Waals surface area contributed by atoms with E-state index in [1.807, 2.05) is 6.92 Å². The first-order valence-electron chi connectivity index (χ1n) is 5.06. The molecule has 0 saturated heterocycles. The average molecular weight is 252 g/mol. The molecule has 0 radical (unpaired) electrons. The first-order chi connectivity index (χ1) is 8.08. The van der Waals surface area contributed by atoms with E-state index in [1.165, 1.54) is 12.1 Å². The number of aryl methyl sites for hydroxylation is 1. The summed E-state index contributed by atoms with van der Waals surface area (Å²) in [6.07, 6.45) is 0. The fourth-order valence-electron chi connectivity index (χ4n) is 1.47. The molecule has 0 heterocycles. The van der Waals surface area contributed by atoms with Gasteiger partial charge >= 0.3 is 0 Å². The minimum atomic E-state index is -0.564. The Hall–Kier alpha value is -1.74. The van der Waals surface area contributed by atoms with Crippen LogP contribution >= 0.6 is 11.6 Å². The standard InChI is InChI=1S/C13H11ClFNO/c1-8-7-9(16)5-6-11(8)17-12-4-2-3-10(14)13(12)15/h2-7H,16H2,1H3. The average Bonchev–Trinajstić information content (AvgIpc) is 2.28. The first-order valence-corrected chi connectivity index (χ1v) is 5.43. The van der Waals surface area contributed by atoms with Crippen molar-refractivity contribution in [3.05, 3.63) is 52.8 Å². The molecule has 0 aromatic heterocycles.